The average molecular weight is 225 g/mol. The Morgan fingerprint density at radius 3 is 1.80 bits per heavy atom. The van der Waals surface area contributed by atoms with Crippen LogP contribution in [0, 0.1) is 17.8 Å². The van der Waals surface area contributed by atoms with Crippen molar-refractivity contribution in [1.29, 1.82) is 0 Å². The van der Waals surface area contributed by atoms with E-state index in [-0.39, 0.29) is 6.54 Å². The van der Waals surface area contributed by atoms with Gasteiger partial charge in [0.1, 0.15) is 0 Å². The van der Waals surface area contributed by atoms with Crippen LogP contribution in [0.1, 0.15) is 34.1 Å². The van der Waals surface area contributed by atoms with E-state index in [2.05, 4.69) is 33.0 Å². The zero-order valence-electron chi connectivity index (χ0n) is 9.99. The lowest BCUT2D eigenvalue weighted by Crippen LogP contribution is -2.32. The standard InChI is InChI=1S/C11H22F3N/c1-8(2)10(9(3)4)7-15-6-5-11(12,13)14/h8-10,15H,5-7H2,1-4H3. The van der Waals surface area contributed by atoms with E-state index < -0.39 is 12.6 Å². The summed E-state index contributed by atoms with van der Waals surface area (Å²) >= 11 is 0. The molecule has 0 saturated carbocycles. The molecule has 0 radical (unpaired) electrons. The summed E-state index contributed by atoms with van der Waals surface area (Å²) in [6, 6.07) is 0. The molecule has 0 spiro atoms. The van der Waals surface area contributed by atoms with Gasteiger partial charge in [0, 0.05) is 6.54 Å². The van der Waals surface area contributed by atoms with Gasteiger partial charge in [0.2, 0.25) is 0 Å². The first-order chi connectivity index (χ1) is 6.74. The Labute approximate surface area is 90.4 Å². The summed E-state index contributed by atoms with van der Waals surface area (Å²) in [6.45, 7) is 9.13. The largest absolute Gasteiger partial charge is 0.390 e. The summed E-state index contributed by atoms with van der Waals surface area (Å²) in [5, 5.41) is 2.88. The van der Waals surface area contributed by atoms with E-state index in [1.165, 1.54) is 0 Å². The summed E-state index contributed by atoms with van der Waals surface area (Å²) in [5.41, 5.74) is 0. The SMILES string of the molecule is CC(C)C(CNCCC(F)(F)F)C(C)C. The van der Waals surface area contributed by atoms with E-state index in [1.807, 2.05) is 0 Å². The van der Waals surface area contributed by atoms with Gasteiger partial charge >= 0.3 is 6.18 Å². The monoisotopic (exact) mass is 225 g/mol. The molecule has 0 bridgehead atoms. The fraction of sp³-hybridized carbons (Fsp3) is 1.00. The Balaban J connectivity index is 3.73. The highest BCUT2D eigenvalue weighted by molar-refractivity contribution is 4.69. The number of nitrogens with one attached hydrogen (secondary N) is 1. The van der Waals surface area contributed by atoms with Crippen molar-refractivity contribution in [3.63, 3.8) is 0 Å². The van der Waals surface area contributed by atoms with Gasteiger partial charge in [0.05, 0.1) is 6.42 Å². The third kappa shape index (κ3) is 7.65. The molecule has 0 aliphatic heterocycles. The highest BCUT2D eigenvalue weighted by Gasteiger charge is 2.26. The van der Waals surface area contributed by atoms with E-state index in [9.17, 15) is 13.2 Å². The van der Waals surface area contributed by atoms with Crippen molar-refractivity contribution in [3.05, 3.63) is 0 Å². The maximum absolute atomic E-state index is 11.9. The van der Waals surface area contributed by atoms with E-state index in [1.54, 1.807) is 0 Å². The minimum absolute atomic E-state index is 0.0272. The summed E-state index contributed by atoms with van der Waals surface area (Å²) < 4.78 is 35.6. The van der Waals surface area contributed by atoms with E-state index in [0.29, 0.717) is 24.3 Å². The molecule has 0 aromatic rings. The number of halogens is 3. The van der Waals surface area contributed by atoms with Gasteiger partial charge in [0.15, 0.2) is 0 Å². The number of hydrogen-bond acceptors (Lipinski definition) is 1. The summed E-state index contributed by atoms with van der Waals surface area (Å²) in [7, 11) is 0. The first-order valence-electron chi connectivity index (χ1n) is 5.51. The molecule has 0 aliphatic carbocycles. The molecule has 1 N–H and O–H groups in total. The summed E-state index contributed by atoms with van der Waals surface area (Å²) in [5.74, 6) is 1.45. The first kappa shape index (κ1) is 14.8. The predicted molar refractivity (Wildman–Crippen MR) is 56.7 cm³/mol. The summed E-state index contributed by atoms with van der Waals surface area (Å²) in [4.78, 5) is 0. The smallest absolute Gasteiger partial charge is 0.316 e. The van der Waals surface area contributed by atoms with Crippen LogP contribution in [-0.2, 0) is 0 Å². The Morgan fingerprint density at radius 2 is 1.47 bits per heavy atom. The van der Waals surface area contributed by atoms with Gasteiger partial charge in [-0.15, -0.1) is 0 Å². The molecule has 4 heteroatoms. The minimum Gasteiger partial charge on any atom is -0.316 e. The van der Waals surface area contributed by atoms with Crippen LogP contribution >= 0.6 is 0 Å². The molecule has 0 unspecified atom stereocenters. The van der Waals surface area contributed by atoms with Crippen LogP contribution in [0.15, 0.2) is 0 Å². The lowest BCUT2D eigenvalue weighted by atomic mass is 9.85. The van der Waals surface area contributed by atoms with Crippen LogP contribution in [0.25, 0.3) is 0 Å². The van der Waals surface area contributed by atoms with Crippen molar-refractivity contribution in [2.75, 3.05) is 13.1 Å². The van der Waals surface area contributed by atoms with Crippen molar-refractivity contribution >= 4 is 0 Å². The first-order valence-corrected chi connectivity index (χ1v) is 5.51. The molecule has 0 aromatic carbocycles. The zero-order chi connectivity index (χ0) is 12.1. The zero-order valence-corrected chi connectivity index (χ0v) is 9.99. The summed E-state index contributed by atoms with van der Waals surface area (Å²) in [6.07, 6.45) is -4.78. The molecule has 92 valence electrons. The molecule has 0 heterocycles. The Morgan fingerprint density at radius 1 is 1.00 bits per heavy atom. The number of alkyl halides is 3. The van der Waals surface area contributed by atoms with Crippen LogP contribution in [-0.4, -0.2) is 19.3 Å². The van der Waals surface area contributed by atoms with E-state index in [4.69, 9.17) is 0 Å². The van der Waals surface area contributed by atoms with Crippen molar-refractivity contribution in [2.45, 2.75) is 40.3 Å². The average Bonchev–Trinajstić information content (AvgIpc) is 2.00. The van der Waals surface area contributed by atoms with Gasteiger partial charge in [0.25, 0.3) is 0 Å². The third-order valence-corrected chi connectivity index (χ3v) is 2.68. The van der Waals surface area contributed by atoms with Gasteiger partial charge in [-0.05, 0) is 24.3 Å². The van der Waals surface area contributed by atoms with Gasteiger partial charge < -0.3 is 5.32 Å². The quantitative estimate of drug-likeness (QED) is 0.683. The molecule has 0 atom stereocenters. The molecule has 0 saturated heterocycles. The Bertz CT molecular complexity index is 156. The molecule has 15 heavy (non-hydrogen) atoms. The van der Waals surface area contributed by atoms with Gasteiger partial charge in [-0.3, -0.25) is 0 Å². The van der Waals surface area contributed by atoms with Gasteiger partial charge in [-0.1, -0.05) is 27.7 Å². The normalized spacial score (nSPS) is 13.2. The van der Waals surface area contributed by atoms with Crippen LogP contribution in [0.5, 0.6) is 0 Å². The minimum atomic E-state index is -4.04. The van der Waals surface area contributed by atoms with Crippen molar-refractivity contribution < 1.29 is 13.2 Å². The predicted octanol–water partition coefficient (Wildman–Crippen LogP) is 3.46. The van der Waals surface area contributed by atoms with Crippen molar-refractivity contribution in [3.8, 4) is 0 Å². The van der Waals surface area contributed by atoms with Crippen LogP contribution in [0.4, 0.5) is 13.2 Å². The second-order valence-corrected chi connectivity index (χ2v) is 4.72. The molecular formula is C11H22F3N. The van der Waals surface area contributed by atoms with Gasteiger partial charge in [-0.2, -0.15) is 13.2 Å². The van der Waals surface area contributed by atoms with Crippen LogP contribution in [0.3, 0.4) is 0 Å². The fourth-order valence-electron chi connectivity index (χ4n) is 1.74. The molecule has 0 rings (SSSR count). The second kappa shape index (κ2) is 6.36. The Hall–Kier alpha value is -0.250. The van der Waals surface area contributed by atoms with Gasteiger partial charge in [-0.25, -0.2) is 0 Å². The van der Waals surface area contributed by atoms with E-state index >= 15 is 0 Å². The Kier molecular flexibility index (Phi) is 6.25. The molecule has 0 amide bonds. The molecule has 1 nitrogen and oxygen atoms in total. The highest BCUT2D eigenvalue weighted by Crippen LogP contribution is 2.20. The third-order valence-electron chi connectivity index (χ3n) is 2.68. The molecule has 0 aromatic heterocycles. The maximum Gasteiger partial charge on any atom is 0.390 e. The maximum atomic E-state index is 11.9. The molecule has 0 fully saturated rings. The topological polar surface area (TPSA) is 12.0 Å². The number of hydrogen-bond donors (Lipinski definition) is 1. The molecule has 0 aliphatic rings. The highest BCUT2D eigenvalue weighted by atomic mass is 19.4. The number of rotatable bonds is 6. The van der Waals surface area contributed by atoms with Crippen LogP contribution < -0.4 is 5.32 Å². The van der Waals surface area contributed by atoms with Crippen molar-refractivity contribution in [2.24, 2.45) is 17.8 Å². The van der Waals surface area contributed by atoms with Crippen LogP contribution in [0.2, 0.25) is 0 Å². The van der Waals surface area contributed by atoms with Crippen molar-refractivity contribution in [1.82, 2.24) is 5.32 Å². The second-order valence-electron chi connectivity index (χ2n) is 4.72. The lowest BCUT2D eigenvalue weighted by molar-refractivity contribution is -0.133. The fourth-order valence-corrected chi connectivity index (χ4v) is 1.74. The van der Waals surface area contributed by atoms with E-state index in [0.717, 1.165) is 0 Å². The lowest BCUT2D eigenvalue weighted by Gasteiger charge is -2.25. The molecular weight excluding hydrogens is 203 g/mol.